The number of nitrogens with one attached hydrogen (secondary N) is 2. The second-order valence-corrected chi connectivity index (χ2v) is 6.56. The summed E-state index contributed by atoms with van der Waals surface area (Å²) < 4.78 is 5.24. The van der Waals surface area contributed by atoms with Gasteiger partial charge in [0.15, 0.2) is 5.69 Å². The average Bonchev–Trinajstić information content (AvgIpc) is 3.32. The van der Waals surface area contributed by atoms with Gasteiger partial charge in [-0.3, -0.25) is 14.7 Å². The Labute approximate surface area is 156 Å². The lowest BCUT2D eigenvalue weighted by Crippen LogP contribution is -2.37. The molecule has 0 aliphatic carbocycles. The molecule has 3 aromatic rings. The number of aromatic nitrogens is 2. The summed E-state index contributed by atoms with van der Waals surface area (Å²) in [4.78, 5) is 27.1. The molecule has 2 N–H and O–H groups in total. The predicted octanol–water partition coefficient (Wildman–Crippen LogP) is 2.44. The molecule has 0 atom stereocenters. The van der Waals surface area contributed by atoms with Crippen LogP contribution in [0, 0.1) is 6.92 Å². The zero-order valence-electron chi connectivity index (χ0n) is 15.0. The molecule has 2 aromatic heterocycles. The van der Waals surface area contributed by atoms with E-state index in [2.05, 4.69) is 15.5 Å². The fourth-order valence-corrected chi connectivity index (χ4v) is 3.30. The molecule has 0 unspecified atom stereocenters. The SMILES string of the molecule is Cc1occc1C(=O)N1CCc2[nH]nc(C(=O)NCc3ccccc3)c2C1. The number of carbonyl (C=O) groups excluding carboxylic acids is 2. The molecule has 0 fully saturated rings. The van der Waals surface area contributed by atoms with E-state index in [1.165, 1.54) is 6.26 Å². The minimum atomic E-state index is -0.245. The Morgan fingerprint density at radius 3 is 2.81 bits per heavy atom. The zero-order valence-corrected chi connectivity index (χ0v) is 15.0. The average molecular weight is 364 g/mol. The minimum absolute atomic E-state index is 0.0938. The number of furan rings is 1. The lowest BCUT2D eigenvalue weighted by atomic mass is 10.0. The van der Waals surface area contributed by atoms with Crippen molar-refractivity contribution in [3.63, 3.8) is 0 Å². The zero-order chi connectivity index (χ0) is 18.8. The van der Waals surface area contributed by atoms with E-state index in [0.29, 0.717) is 43.1 Å². The Hall–Kier alpha value is -3.35. The van der Waals surface area contributed by atoms with Crippen molar-refractivity contribution in [2.75, 3.05) is 6.54 Å². The Bertz CT molecular complexity index is 974. The summed E-state index contributed by atoms with van der Waals surface area (Å²) in [5.74, 6) is 0.257. The van der Waals surface area contributed by atoms with Gasteiger partial charge in [-0.25, -0.2) is 0 Å². The third-order valence-electron chi connectivity index (χ3n) is 4.82. The van der Waals surface area contributed by atoms with Gasteiger partial charge in [0.2, 0.25) is 0 Å². The quantitative estimate of drug-likeness (QED) is 0.744. The Balaban J connectivity index is 1.49. The molecule has 0 radical (unpaired) electrons. The first-order valence-electron chi connectivity index (χ1n) is 8.85. The summed E-state index contributed by atoms with van der Waals surface area (Å²) in [6, 6.07) is 11.4. The number of hydrogen-bond acceptors (Lipinski definition) is 4. The first-order chi connectivity index (χ1) is 13.1. The van der Waals surface area contributed by atoms with Gasteiger partial charge in [-0.1, -0.05) is 30.3 Å². The molecule has 3 heterocycles. The highest BCUT2D eigenvalue weighted by Crippen LogP contribution is 2.23. The van der Waals surface area contributed by atoms with Crippen LogP contribution in [0.3, 0.4) is 0 Å². The van der Waals surface area contributed by atoms with Gasteiger partial charge in [0.05, 0.1) is 18.4 Å². The van der Waals surface area contributed by atoms with Crippen molar-refractivity contribution in [2.45, 2.75) is 26.4 Å². The van der Waals surface area contributed by atoms with Crippen molar-refractivity contribution in [3.05, 3.63) is 76.5 Å². The lowest BCUT2D eigenvalue weighted by Gasteiger charge is -2.27. The molecule has 138 valence electrons. The normalized spacial score (nSPS) is 13.3. The van der Waals surface area contributed by atoms with Gasteiger partial charge in [-0.15, -0.1) is 0 Å². The summed E-state index contributed by atoms with van der Waals surface area (Å²) in [6.07, 6.45) is 2.15. The highest BCUT2D eigenvalue weighted by molar-refractivity contribution is 5.96. The standard InChI is InChI=1S/C20H20N4O3/c1-13-15(8-10-27-13)20(26)24-9-7-17-16(12-24)18(23-22-17)19(25)21-11-14-5-3-2-4-6-14/h2-6,8,10H,7,9,11-12H2,1H3,(H,21,25)(H,22,23). The lowest BCUT2D eigenvalue weighted by molar-refractivity contribution is 0.0729. The number of benzene rings is 1. The van der Waals surface area contributed by atoms with Crippen LogP contribution in [0.4, 0.5) is 0 Å². The molecular formula is C20H20N4O3. The maximum absolute atomic E-state index is 12.7. The predicted molar refractivity (Wildman–Crippen MR) is 98.1 cm³/mol. The molecule has 1 aromatic carbocycles. The summed E-state index contributed by atoms with van der Waals surface area (Å²) in [6.45, 7) is 3.12. The fourth-order valence-electron chi connectivity index (χ4n) is 3.30. The van der Waals surface area contributed by atoms with E-state index < -0.39 is 0 Å². The van der Waals surface area contributed by atoms with Crippen molar-refractivity contribution in [1.82, 2.24) is 20.4 Å². The number of aromatic amines is 1. The number of aryl methyl sites for hydroxylation is 1. The van der Waals surface area contributed by atoms with Crippen molar-refractivity contribution < 1.29 is 14.0 Å². The summed E-state index contributed by atoms with van der Waals surface area (Å²) in [5.41, 5.74) is 3.61. The number of rotatable bonds is 4. The van der Waals surface area contributed by atoms with Crippen LogP contribution < -0.4 is 5.32 Å². The number of fused-ring (bicyclic) bond motifs is 1. The maximum Gasteiger partial charge on any atom is 0.272 e. The monoisotopic (exact) mass is 364 g/mol. The van der Waals surface area contributed by atoms with Gasteiger partial charge in [0, 0.05) is 30.8 Å². The second kappa shape index (κ2) is 7.11. The molecule has 0 saturated carbocycles. The van der Waals surface area contributed by atoms with E-state index in [9.17, 15) is 9.59 Å². The Morgan fingerprint density at radius 2 is 2.07 bits per heavy atom. The fraction of sp³-hybridized carbons (Fsp3) is 0.250. The molecule has 0 saturated heterocycles. The van der Waals surface area contributed by atoms with Crippen molar-refractivity contribution in [1.29, 1.82) is 0 Å². The topological polar surface area (TPSA) is 91.2 Å². The van der Waals surface area contributed by atoms with E-state index >= 15 is 0 Å². The smallest absolute Gasteiger partial charge is 0.272 e. The second-order valence-electron chi connectivity index (χ2n) is 6.56. The highest BCUT2D eigenvalue weighted by atomic mass is 16.3. The van der Waals surface area contributed by atoms with Crippen LogP contribution >= 0.6 is 0 Å². The first-order valence-corrected chi connectivity index (χ1v) is 8.85. The first kappa shape index (κ1) is 17.1. The third kappa shape index (κ3) is 3.36. The van der Waals surface area contributed by atoms with Crippen molar-refractivity contribution >= 4 is 11.8 Å². The van der Waals surface area contributed by atoms with E-state index in [4.69, 9.17) is 4.42 Å². The number of amides is 2. The number of hydrogen-bond donors (Lipinski definition) is 2. The number of nitrogens with zero attached hydrogens (tertiary/aromatic N) is 2. The van der Waals surface area contributed by atoms with Gasteiger partial charge in [-0.05, 0) is 18.6 Å². The molecular weight excluding hydrogens is 344 g/mol. The van der Waals surface area contributed by atoms with Gasteiger partial charge in [0.25, 0.3) is 11.8 Å². The maximum atomic E-state index is 12.7. The van der Waals surface area contributed by atoms with Crippen LogP contribution in [0.1, 0.15) is 43.4 Å². The van der Waals surface area contributed by atoms with Crippen LogP contribution in [-0.4, -0.2) is 33.5 Å². The van der Waals surface area contributed by atoms with Gasteiger partial charge in [0.1, 0.15) is 5.76 Å². The third-order valence-corrected chi connectivity index (χ3v) is 4.82. The largest absolute Gasteiger partial charge is 0.469 e. The van der Waals surface area contributed by atoms with E-state index in [-0.39, 0.29) is 11.8 Å². The molecule has 27 heavy (non-hydrogen) atoms. The molecule has 4 rings (SSSR count). The van der Waals surface area contributed by atoms with Crippen LogP contribution in [-0.2, 0) is 19.5 Å². The summed E-state index contributed by atoms with van der Waals surface area (Å²) in [5, 5.41) is 10.0. The minimum Gasteiger partial charge on any atom is -0.469 e. The van der Waals surface area contributed by atoms with E-state index in [0.717, 1.165) is 16.8 Å². The Morgan fingerprint density at radius 1 is 1.26 bits per heavy atom. The summed E-state index contributed by atoms with van der Waals surface area (Å²) >= 11 is 0. The molecule has 2 amide bonds. The van der Waals surface area contributed by atoms with E-state index in [1.54, 1.807) is 17.9 Å². The Kier molecular flexibility index (Phi) is 4.50. The molecule has 0 bridgehead atoms. The van der Waals surface area contributed by atoms with Crippen molar-refractivity contribution in [2.24, 2.45) is 0 Å². The van der Waals surface area contributed by atoms with Crippen LogP contribution in [0.5, 0.6) is 0 Å². The summed E-state index contributed by atoms with van der Waals surface area (Å²) in [7, 11) is 0. The van der Waals surface area contributed by atoms with Crippen molar-refractivity contribution in [3.8, 4) is 0 Å². The molecule has 1 aliphatic rings. The molecule has 1 aliphatic heterocycles. The number of carbonyl (C=O) groups is 2. The van der Waals surface area contributed by atoms with Gasteiger partial charge < -0.3 is 14.6 Å². The van der Waals surface area contributed by atoms with Crippen LogP contribution in [0.15, 0.2) is 47.1 Å². The van der Waals surface area contributed by atoms with E-state index in [1.807, 2.05) is 30.3 Å². The van der Waals surface area contributed by atoms with Gasteiger partial charge in [-0.2, -0.15) is 5.10 Å². The molecule has 7 nitrogen and oxygen atoms in total. The van der Waals surface area contributed by atoms with Crippen LogP contribution in [0.2, 0.25) is 0 Å². The highest BCUT2D eigenvalue weighted by Gasteiger charge is 2.29. The molecule has 0 spiro atoms. The number of H-pyrrole nitrogens is 1. The molecule has 7 heteroatoms. The van der Waals surface area contributed by atoms with Gasteiger partial charge >= 0.3 is 0 Å². The van der Waals surface area contributed by atoms with Crippen LogP contribution in [0.25, 0.3) is 0 Å².